The molecule has 24 heavy (non-hydrogen) atoms. The van der Waals surface area contributed by atoms with E-state index in [2.05, 4.69) is 16.7 Å². The van der Waals surface area contributed by atoms with E-state index in [-0.39, 0.29) is 18.4 Å². The molecule has 0 heterocycles. The van der Waals surface area contributed by atoms with Crippen molar-refractivity contribution in [1.82, 2.24) is 0 Å². The van der Waals surface area contributed by atoms with Crippen LogP contribution in [0.2, 0.25) is 0 Å². The summed E-state index contributed by atoms with van der Waals surface area (Å²) in [5.74, 6) is 0.171. The van der Waals surface area contributed by atoms with Gasteiger partial charge in [0.1, 0.15) is 5.75 Å². The third kappa shape index (κ3) is 4.13. The first-order chi connectivity index (χ1) is 11.6. The molecule has 124 valence electrons. The van der Waals surface area contributed by atoms with E-state index in [0.717, 1.165) is 18.5 Å². The number of rotatable bonds is 5. The molecule has 0 bridgehead atoms. The highest BCUT2D eigenvalue weighted by Crippen LogP contribution is 2.25. The summed E-state index contributed by atoms with van der Waals surface area (Å²) in [4.78, 5) is 23.1. The molecule has 0 unspecified atom stereocenters. The van der Waals surface area contributed by atoms with Crippen LogP contribution in [0.1, 0.15) is 24.5 Å². The van der Waals surface area contributed by atoms with Crippen LogP contribution in [0, 0.1) is 0 Å². The predicted octanol–water partition coefficient (Wildman–Crippen LogP) is 3.15. The molecule has 0 saturated heterocycles. The third-order valence-corrected chi connectivity index (χ3v) is 3.91. The van der Waals surface area contributed by atoms with E-state index < -0.39 is 0 Å². The Kier molecular flexibility index (Phi) is 4.79. The minimum Gasteiger partial charge on any atom is -0.484 e. The van der Waals surface area contributed by atoms with E-state index in [1.54, 1.807) is 24.3 Å². The fourth-order valence-electron chi connectivity index (χ4n) is 2.86. The number of anilines is 2. The van der Waals surface area contributed by atoms with Crippen LogP contribution in [-0.4, -0.2) is 18.4 Å². The van der Waals surface area contributed by atoms with Crippen LogP contribution in [0.3, 0.4) is 0 Å². The smallest absolute Gasteiger partial charge is 0.262 e. The number of carbonyl (C=O) groups is 2. The molecule has 0 fully saturated rings. The molecule has 1 aliphatic rings. The molecule has 5 nitrogen and oxygen atoms in total. The molecular weight excluding hydrogens is 304 g/mol. The van der Waals surface area contributed by atoms with E-state index in [4.69, 9.17) is 4.74 Å². The Hall–Kier alpha value is -2.82. The monoisotopic (exact) mass is 324 g/mol. The minimum absolute atomic E-state index is 0.0827. The quantitative estimate of drug-likeness (QED) is 0.888. The topological polar surface area (TPSA) is 67.4 Å². The molecule has 0 radical (unpaired) electrons. The van der Waals surface area contributed by atoms with Crippen LogP contribution >= 0.6 is 0 Å². The van der Waals surface area contributed by atoms with E-state index >= 15 is 0 Å². The van der Waals surface area contributed by atoms with Crippen LogP contribution in [-0.2, 0) is 22.4 Å². The number of aryl methyl sites for hydroxylation is 2. The Balaban J connectivity index is 1.55. The lowest BCUT2D eigenvalue weighted by atomic mass is 10.1. The summed E-state index contributed by atoms with van der Waals surface area (Å²) in [5, 5.41) is 5.53. The average molecular weight is 324 g/mol. The van der Waals surface area contributed by atoms with Crippen molar-refractivity contribution < 1.29 is 14.3 Å². The van der Waals surface area contributed by atoms with Crippen LogP contribution in [0.4, 0.5) is 11.4 Å². The van der Waals surface area contributed by atoms with Crippen molar-refractivity contribution >= 4 is 23.2 Å². The van der Waals surface area contributed by atoms with E-state index in [1.807, 2.05) is 12.1 Å². The van der Waals surface area contributed by atoms with Crippen molar-refractivity contribution in [2.45, 2.75) is 26.2 Å². The summed E-state index contributed by atoms with van der Waals surface area (Å²) in [6.07, 6.45) is 3.38. The van der Waals surface area contributed by atoms with Gasteiger partial charge >= 0.3 is 0 Å². The first kappa shape index (κ1) is 16.1. The number of amides is 2. The Morgan fingerprint density at radius 3 is 2.62 bits per heavy atom. The summed E-state index contributed by atoms with van der Waals surface area (Å²) in [6, 6.07) is 13.0. The van der Waals surface area contributed by atoms with Crippen molar-refractivity contribution in [1.29, 1.82) is 0 Å². The number of fused-ring (bicyclic) bond motifs is 1. The SMILES string of the molecule is CC(=O)Nc1cccc(OCC(=O)Nc2ccc3c(c2)CCC3)c1. The van der Waals surface area contributed by atoms with Gasteiger partial charge in [0.2, 0.25) is 5.91 Å². The lowest BCUT2D eigenvalue weighted by Gasteiger charge is -2.10. The van der Waals surface area contributed by atoms with Gasteiger partial charge in [0.25, 0.3) is 5.91 Å². The van der Waals surface area contributed by atoms with Gasteiger partial charge in [-0.2, -0.15) is 0 Å². The van der Waals surface area contributed by atoms with E-state index in [9.17, 15) is 9.59 Å². The van der Waals surface area contributed by atoms with E-state index in [1.165, 1.54) is 24.5 Å². The van der Waals surface area contributed by atoms with Crippen molar-refractivity contribution in [3.8, 4) is 5.75 Å². The zero-order valence-electron chi connectivity index (χ0n) is 13.6. The average Bonchev–Trinajstić information content (AvgIpc) is 3.00. The van der Waals surface area contributed by atoms with Crippen LogP contribution in [0.5, 0.6) is 5.75 Å². The zero-order chi connectivity index (χ0) is 16.9. The summed E-state index contributed by atoms with van der Waals surface area (Å²) in [5.41, 5.74) is 4.13. The van der Waals surface area contributed by atoms with Crippen molar-refractivity contribution in [2.24, 2.45) is 0 Å². The lowest BCUT2D eigenvalue weighted by Crippen LogP contribution is -2.20. The van der Waals surface area contributed by atoms with Crippen LogP contribution in [0.15, 0.2) is 42.5 Å². The second-order valence-electron chi connectivity index (χ2n) is 5.88. The number of hydrogen-bond acceptors (Lipinski definition) is 3. The normalized spacial score (nSPS) is 12.4. The Bertz CT molecular complexity index is 771. The molecule has 0 aliphatic heterocycles. The van der Waals surface area contributed by atoms with Crippen LogP contribution in [0.25, 0.3) is 0 Å². The maximum Gasteiger partial charge on any atom is 0.262 e. The molecule has 0 aromatic heterocycles. The lowest BCUT2D eigenvalue weighted by molar-refractivity contribution is -0.118. The molecule has 0 saturated carbocycles. The number of ether oxygens (including phenoxy) is 1. The first-order valence-electron chi connectivity index (χ1n) is 8.02. The number of benzene rings is 2. The van der Waals surface area contributed by atoms with Crippen molar-refractivity contribution in [3.63, 3.8) is 0 Å². The van der Waals surface area contributed by atoms with Gasteiger partial charge in [-0.25, -0.2) is 0 Å². The number of nitrogens with one attached hydrogen (secondary N) is 2. The number of carbonyl (C=O) groups excluding carboxylic acids is 2. The molecule has 2 aromatic carbocycles. The van der Waals surface area contributed by atoms with Gasteiger partial charge in [0, 0.05) is 24.4 Å². The van der Waals surface area contributed by atoms with E-state index in [0.29, 0.717) is 11.4 Å². The molecule has 2 amide bonds. The minimum atomic E-state index is -0.210. The Labute approximate surface area is 141 Å². The fraction of sp³-hybridized carbons (Fsp3) is 0.263. The first-order valence-corrected chi connectivity index (χ1v) is 8.02. The van der Waals surface area contributed by atoms with Crippen LogP contribution < -0.4 is 15.4 Å². The number of hydrogen-bond donors (Lipinski definition) is 2. The Morgan fingerprint density at radius 1 is 1.00 bits per heavy atom. The molecule has 2 N–H and O–H groups in total. The molecule has 5 heteroatoms. The molecule has 2 aromatic rings. The Morgan fingerprint density at radius 2 is 1.79 bits per heavy atom. The van der Waals surface area contributed by atoms with Gasteiger partial charge in [-0.3, -0.25) is 9.59 Å². The molecule has 0 spiro atoms. The molecule has 1 aliphatic carbocycles. The summed E-state index contributed by atoms with van der Waals surface area (Å²) in [6.45, 7) is 1.36. The van der Waals surface area contributed by atoms with Gasteiger partial charge in [-0.05, 0) is 54.7 Å². The van der Waals surface area contributed by atoms with Crippen molar-refractivity contribution in [3.05, 3.63) is 53.6 Å². The highest BCUT2D eigenvalue weighted by atomic mass is 16.5. The predicted molar refractivity (Wildman–Crippen MR) is 93.3 cm³/mol. The van der Waals surface area contributed by atoms with Gasteiger partial charge < -0.3 is 15.4 Å². The largest absolute Gasteiger partial charge is 0.484 e. The second-order valence-corrected chi connectivity index (χ2v) is 5.88. The van der Waals surface area contributed by atoms with Gasteiger partial charge in [0.05, 0.1) is 0 Å². The molecule has 0 atom stereocenters. The summed E-state index contributed by atoms with van der Waals surface area (Å²) < 4.78 is 5.49. The zero-order valence-corrected chi connectivity index (χ0v) is 13.6. The van der Waals surface area contributed by atoms with Crippen molar-refractivity contribution in [2.75, 3.05) is 17.2 Å². The molecular formula is C19H20N2O3. The van der Waals surface area contributed by atoms with Gasteiger partial charge in [-0.15, -0.1) is 0 Å². The second kappa shape index (κ2) is 7.17. The maximum atomic E-state index is 12.0. The summed E-state index contributed by atoms with van der Waals surface area (Å²) in [7, 11) is 0. The highest BCUT2D eigenvalue weighted by molar-refractivity contribution is 5.92. The maximum absolute atomic E-state index is 12.0. The molecule has 3 rings (SSSR count). The fourth-order valence-corrected chi connectivity index (χ4v) is 2.86. The standard InChI is InChI=1S/C19H20N2O3/c1-13(22)20-16-6-3-7-18(11-16)24-12-19(23)21-17-9-8-14-4-2-5-15(14)10-17/h3,6-11H,2,4-5,12H2,1H3,(H,20,22)(H,21,23). The third-order valence-electron chi connectivity index (χ3n) is 3.91. The van der Waals surface area contributed by atoms with Gasteiger partial charge in [0.15, 0.2) is 6.61 Å². The van der Waals surface area contributed by atoms with Gasteiger partial charge in [-0.1, -0.05) is 12.1 Å². The summed E-state index contributed by atoms with van der Waals surface area (Å²) >= 11 is 0. The highest BCUT2D eigenvalue weighted by Gasteiger charge is 2.12.